The monoisotopic (exact) mass is 398 g/mol. The Morgan fingerprint density at radius 3 is 2.72 bits per heavy atom. The van der Waals surface area contributed by atoms with Gasteiger partial charge < -0.3 is 19.9 Å². The van der Waals surface area contributed by atoms with E-state index in [2.05, 4.69) is 10.3 Å². The molecular weight excluding hydrogens is 372 g/mol. The first-order valence-corrected chi connectivity index (χ1v) is 9.32. The number of aliphatic imine (C=N–C) groups is 1. The molecule has 0 fully saturated rings. The summed E-state index contributed by atoms with van der Waals surface area (Å²) in [6, 6.07) is 13.4. The van der Waals surface area contributed by atoms with Crippen molar-refractivity contribution in [2.24, 2.45) is 4.99 Å². The predicted molar refractivity (Wildman–Crippen MR) is 112 cm³/mol. The third kappa shape index (κ3) is 6.64. The van der Waals surface area contributed by atoms with Gasteiger partial charge in [-0.1, -0.05) is 30.3 Å². The van der Waals surface area contributed by atoms with Gasteiger partial charge in [-0.25, -0.2) is 0 Å². The number of rotatable bonds is 12. The SMILES string of the molecule is CN=CC(Cc1ccccc1-c1ccc(OCCCC(=O)O)c(OC)c1)NC=O. The number of carboxylic acids is 1. The van der Waals surface area contributed by atoms with E-state index in [0.717, 1.165) is 16.7 Å². The summed E-state index contributed by atoms with van der Waals surface area (Å²) in [5.74, 6) is 0.297. The molecule has 2 aromatic rings. The van der Waals surface area contributed by atoms with Crippen molar-refractivity contribution in [1.29, 1.82) is 0 Å². The van der Waals surface area contributed by atoms with E-state index in [4.69, 9.17) is 14.6 Å². The standard InChI is InChI=1S/C22H26N2O5/c1-23-14-18(24-15-25)12-16-6-3-4-7-19(16)17-9-10-20(21(13-17)28-2)29-11-5-8-22(26)27/h3-4,6-7,9-10,13-15,18H,5,8,11-12H2,1-2H3,(H,24,25)(H,26,27). The van der Waals surface area contributed by atoms with Gasteiger partial charge in [0.25, 0.3) is 0 Å². The number of benzene rings is 2. The number of carbonyl (C=O) groups is 2. The van der Waals surface area contributed by atoms with Crippen LogP contribution in [0.4, 0.5) is 0 Å². The summed E-state index contributed by atoms with van der Waals surface area (Å²) in [5, 5.41) is 11.5. The first-order valence-electron chi connectivity index (χ1n) is 9.32. The van der Waals surface area contributed by atoms with Gasteiger partial charge >= 0.3 is 5.97 Å². The van der Waals surface area contributed by atoms with Crippen molar-refractivity contribution < 1.29 is 24.2 Å². The molecule has 0 saturated heterocycles. The fourth-order valence-electron chi connectivity index (χ4n) is 3.00. The van der Waals surface area contributed by atoms with Crippen LogP contribution in [0.3, 0.4) is 0 Å². The summed E-state index contributed by atoms with van der Waals surface area (Å²) in [6.45, 7) is 0.300. The topological polar surface area (TPSA) is 97.2 Å². The Labute approximate surface area is 170 Å². The van der Waals surface area contributed by atoms with Crippen LogP contribution in [0, 0.1) is 0 Å². The quantitative estimate of drug-likeness (QED) is 0.325. The molecule has 7 heteroatoms. The van der Waals surface area contributed by atoms with Crippen molar-refractivity contribution in [3.05, 3.63) is 48.0 Å². The molecule has 2 rings (SSSR count). The molecule has 0 heterocycles. The summed E-state index contributed by atoms with van der Waals surface area (Å²) >= 11 is 0. The third-order valence-corrected chi connectivity index (χ3v) is 4.34. The smallest absolute Gasteiger partial charge is 0.303 e. The fourth-order valence-corrected chi connectivity index (χ4v) is 3.00. The zero-order valence-electron chi connectivity index (χ0n) is 16.6. The van der Waals surface area contributed by atoms with Gasteiger partial charge in [-0.15, -0.1) is 0 Å². The van der Waals surface area contributed by atoms with E-state index in [1.54, 1.807) is 20.4 Å². The van der Waals surface area contributed by atoms with Crippen LogP contribution in [0.15, 0.2) is 47.5 Å². The van der Waals surface area contributed by atoms with Crippen molar-refractivity contribution >= 4 is 18.6 Å². The molecular formula is C22H26N2O5. The summed E-state index contributed by atoms with van der Waals surface area (Å²) in [6.07, 6.45) is 3.47. The Bertz CT molecular complexity index is 851. The van der Waals surface area contributed by atoms with Crippen LogP contribution in [-0.4, -0.2) is 50.5 Å². The maximum absolute atomic E-state index is 10.9. The molecule has 1 unspecified atom stereocenters. The van der Waals surface area contributed by atoms with Crippen molar-refractivity contribution in [3.8, 4) is 22.6 Å². The van der Waals surface area contributed by atoms with Gasteiger partial charge in [0.05, 0.1) is 19.8 Å². The van der Waals surface area contributed by atoms with E-state index in [1.165, 1.54) is 0 Å². The van der Waals surface area contributed by atoms with E-state index < -0.39 is 5.97 Å². The lowest BCUT2D eigenvalue weighted by Crippen LogP contribution is -2.31. The second kappa shape index (κ2) is 11.5. The van der Waals surface area contributed by atoms with Crippen LogP contribution in [0.5, 0.6) is 11.5 Å². The summed E-state index contributed by atoms with van der Waals surface area (Å²) in [5.41, 5.74) is 3.03. The highest BCUT2D eigenvalue weighted by molar-refractivity contribution is 5.73. The molecule has 0 aliphatic heterocycles. The summed E-state index contributed by atoms with van der Waals surface area (Å²) in [7, 11) is 3.24. The molecule has 7 nitrogen and oxygen atoms in total. The number of carboxylic acid groups (broad SMARTS) is 1. The molecule has 2 aromatic carbocycles. The molecule has 0 spiro atoms. The molecule has 1 amide bonds. The number of nitrogens with zero attached hydrogens (tertiary/aromatic N) is 1. The fraction of sp³-hybridized carbons (Fsp3) is 0.318. The largest absolute Gasteiger partial charge is 0.493 e. The number of hydrogen-bond acceptors (Lipinski definition) is 5. The molecule has 0 radical (unpaired) electrons. The van der Waals surface area contributed by atoms with Gasteiger partial charge in [0.1, 0.15) is 0 Å². The number of methoxy groups -OCH3 is 1. The highest BCUT2D eigenvalue weighted by Crippen LogP contribution is 2.34. The van der Waals surface area contributed by atoms with Gasteiger partial charge in [0.2, 0.25) is 6.41 Å². The highest BCUT2D eigenvalue weighted by Gasteiger charge is 2.13. The van der Waals surface area contributed by atoms with Crippen LogP contribution in [-0.2, 0) is 16.0 Å². The highest BCUT2D eigenvalue weighted by atomic mass is 16.5. The van der Waals surface area contributed by atoms with Crippen LogP contribution in [0.2, 0.25) is 0 Å². The van der Waals surface area contributed by atoms with E-state index in [0.29, 0.717) is 37.4 Å². The molecule has 2 N–H and O–H groups in total. The maximum Gasteiger partial charge on any atom is 0.303 e. The van der Waals surface area contributed by atoms with Crippen molar-refractivity contribution in [2.75, 3.05) is 20.8 Å². The van der Waals surface area contributed by atoms with Crippen molar-refractivity contribution in [2.45, 2.75) is 25.3 Å². The number of ether oxygens (including phenoxy) is 2. The van der Waals surface area contributed by atoms with E-state index in [1.807, 2.05) is 42.5 Å². The minimum Gasteiger partial charge on any atom is -0.493 e. The lowest BCUT2D eigenvalue weighted by atomic mass is 9.95. The van der Waals surface area contributed by atoms with E-state index in [-0.39, 0.29) is 12.5 Å². The maximum atomic E-state index is 10.9. The molecule has 0 aliphatic rings. The van der Waals surface area contributed by atoms with Crippen molar-refractivity contribution in [1.82, 2.24) is 5.32 Å². The zero-order valence-corrected chi connectivity index (χ0v) is 16.6. The average molecular weight is 398 g/mol. The van der Waals surface area contributed by atoms with Gasteiger partial charge in [-0.2, -0.15) is 0 Å². The molecule has 29 heavy (non-hydrogen) atoms. The zero-order chi connectivity index (χ0) is 21.1. The third-order valence-electron chi connectivity index (χ3n) is 4.34. The van der Waals surface area contributed by atoms with E-state index in [9.17, 15) is 9.59 Å². The molecule has 0 aromatic heterocycles. The van der Waals surface area contributed by atoms with Crippen molar-refractivity contribution in [3.63, 3.8) is 0 Å². The van der Waals surface area contributed by atoms with Gasteiger partial charge in [-0.3, -0.25) is 14.6 Å². The Morgan fingerprint density at radius 1 is 1.24 bits per heavy atom. The minimum atomic E-state index is -0.844. The van der Waals surface area contributed by atoms with Gasteiger partial charge in [0.15, 0.2) is 11.5 Å². The van der Waals surface area contributed by atoms with Gasteiger partial charge in [0, 0.05) is 19.7 Å². The minimum absolute atomic E-state index is 0.0603. The molecule has 0 bridgehead atoms. The molecule has 0 aliphatic carbocycles. The Kier molecular flexibility index (Phi) is 8.69. The Balaban J connectivity index is 2.23. The summed E-state index contributed by atoms with van der Waals surface area (Å²) < 4.78 is 11.1. The van der Waals surface area contributed by atoms with Crippen LogP contribution in [0.25, 0.3) is 11.1 Å². The van der Waals surface area contributed by atoms with Crippen LogP contribution >= 0.6 is 0 Å². The summed E-state index contributed by atoms with van der Waals surface area (Å²) in [4.78, 5) is 25.5. The Hall–Kier alpha value is -3.35. The first kappa shape index (κ1) is 21.9. The molecule has 0 saturated carbocycles. The average Bonchev–Trinajstić information content (AvgIpc) is 2.72. The number of aliphatic carboxylic acids is 1. The number of amides is 1. The number of nitrogens with one attached hydrogen (secondary N) is 1. The van der Waals surface area contributed by atoms with Crippen LogP contribution < -0.4 is 14.8 Å². The lowest BCUT2D eigenvalue weighted by Gasteiger charge is -2.16. The number of carbonyl (C=O) groups excluding carboxylic acids is 1. The lowest BCUT2D eigenvalue weighted by molar-refractivity contribution is -0.137. The Morgan fingerprint density at radius 2 is 2.03 bits per heavy atom. The first-order chi connectivity index (χ1) is 14.1. The molecule has 1 atom stereocenters. The van der Waals surface area contributed by atoms with Gasteiger partial charge in [-0.05, 0) is 41.7 Å². The number of hydrogen-bond donors (Lipinski definition) is 2. The second-order valence-corrected chi connectivity index (χ2v) is 6.37. The normalized spacial score (nSPS) is 11.8. The molecule has 154 valence electrons. The second-order valence-electron chi connectivity index (χ2n) is 6.37. The predicted octanol–water partition coefficient (Wildman–Crippen LogP) is 2.96. The van der Waals surface area contributed by atoms with Crippen LogP contribution in [0.1, 0.15) is 18.4 Å². The van der Waals surface area contributed by atoms with E-state index >= 15 is 0 Å².